The smallest absolute Gasteiger partial charge is 0.0825 e. The maximum atomic E-state index is 4.25. The lowest BCUT2D eigenvalue weighted by Crippen LogP contribution is -1.99. The molecule has 0 bridgehead atoms. The summed E-state index contributed by atoms with van der Waals surface area (Å²) in [4.78, 5) is 3.14. The Balaban J connectivity index is 2.01. The number of aromatic nitrogens is 3. The predicted octanol–water partition coefficient (Wildman–Crippen LogP) is 1.67. The minimum atomic E-state index is 0.805. The summed E-state index contributed by atoms with van der Waals surface area (Å²) in [6, 6.07) is 4.05. The number of anilines is 1. The van der Waals surface area contributed by atoms with Crippen LogP contribution in [0.1, 0.15) is 11.4 Å². The predicted molar refractivity (Wildman–Crippen MR) is 56.1 cm³/mol. The van der Waals surface area contributed by atoms with Crippen LogP contribution in [0.15, 0.2) is 24.5 Å². The zero-order valence-electron chi connectivity index (χ0n) is 8.41. The maximum absolute atomic E-state index is 4.25. The van der Waals surface area contributed by atoms with Crippen molar-refractivity contribution in [2.45, 2.75) is 13.5 Å². The van der Waals surface area contributed by atoms with E-state index >= 15 is 0 Å². The van der Waals surface area contributed by atoms with Crippen LogP contribution in [0.2, 0.25) is 0 Å². The lowest BCUT2D eigenvalue weighted by atomic mass is 10.3. The van der Waals surface area contributed by atoms with E-state index < -0.39 is 0 Å². The molecule has 0 aliphatic rings. The Labute approximate surface area is 82.9 Å². The molecule has 74 valence electrons. The van der Waals surface area contributed by atoms with Crippen molar-refractivity contribution < 1.29 is 0 Å². The molecule has 4 heteroatoms. The Hall–Kier alpha value is -1.71. The van der Waals surface area contributed by atoms with Gasteiger partial charge in [0, 0.05) is 25.1 Å². The van der Waals surface area contributed by atoms with E-state index in [-0.39, 0.29) is 0 Å². The fourth-order valence-corrected chi connectivity index (χ4v) is 1.44. The molecule has 2 aromatic heterocycles. The molecule has 2 N–H and O–H groups in total. The molecule has 0 saturated carbocycles. The fraction of sp³-hybridized carbons (Fsp3) is 0.300. The van der Waals surface area contributed by atoms with E-state index in [0.29, 0.717) is 0 Å². The molecule has 0 spiro atoms. The number of hydrogen-bond donors (Lipinski definition) is 2. The van der Waals surface area contributed by atoms with Gasteiger partial charge in [0.1, 0.15) is 0 Å². The molecule has 0 fully saturated rings. The standard InChI is InChI=1S/C10H14N4/c1-8-10(7-14(2)13-8)12-6-9-4-3-5-11-9/h3-5,7,11-12H,6H2,1-2H3. The Morgan fingerprint density at radius 1 is 1.57 bits per heavy atom. The third kappa shape index (κ3) is 1.79. The van der Waals surface area contributed by atoms with Gasteiger partial charge in [-0.1, -0.05) is 0 Å². The Morgan fingerprint density at radius 2 is 2.43 bits per heavy atom. The molecule has 2 rings (SSSR count). The summed E-state index contributed by atoms with van der Waals surface area (Å²) < 4.78 is 1.81. The molecule has 0 aliphatic heterocycles. The van der Waals surface area contributed by atoms with Crippen LogP contribution < -0.4 is 5.32 Å². The van der Waals surface area contributed by atoms with Gasteiger partial charge in [-0.15, -0.1) is 0 Å². The van der Waals surface area contributed by atoms with Crippen molar-refractivity contribution in [3.8, 4) is 0 Å². The molecule has 0 saturated heterocycles. The first kappa shape index (κ1) is 8.87. The van der Waals surface area contributed by atoms with Crippen molar-refractivity contribution in [3.63, 3.8) is 0 Å². The van der Waals surface area contributed by atoms with Crippen molar-refractivity contribution in [1.29, 1.82) is 0 Å². The minimum absolute atomic E-state index is 0.805. The topological polar surface area (TPSA) is 45.6 Å². The van der Waals surface area contributed by atoms with Gasteiger partial charge in [0.25, 0.3) is 0 Å². The Kier molecular flexibility index (Phi) is 2.26. The quantitative estimate of drug-likeness (QED) is 0.773. The molecular formula is C10H14N4. The molecule has 2 aromatic rings. The zero-order valence-corrected chi connectivity index (χ0v) is 8.41. The molecule has 0 atom stereocenters. The lowest BCUT2D eigenvalue weighted by Gasteiger charge is -2.01. The summed E-state index contributed by atoms with van der Waals surface area (Å²) >= 11 is 0. The number of nitrogens with zero attached hydrogens (tertiary/aromatic N) is 2. The van der Waals surface area contributed by atoms with Gasteiger partial charge in [0.2, 0.25) is 0 Å². The van der Waals surface area contributed by atoms with Gasteiger partial charge < -0.3 is 10.3 Å². The minimum Gasteiger partial charge on any atom is -0.377 e. The second-order valence-electron chi connectivity index (χ2n) is 3.35. The summed E-state index contributed by atoms with van der Waals surface area (Å²) in [5.41, 5.74) is 3.29. The highest BCUT2D eigenvalue weighted by atomic mass is 15.3. The van der Waals surface area contributed by atoms with E-state index in [1.54, 1.807) is 0 Å². The molecule has 4 nitrogen and oxygen atoms in total. The summed E-state index contributed by atoms with van der Waals surface area (Å²) in [6.07, 6.45) is 3.91. The molecule has 2 heterocycles. The van der Waals surface area contributed by atoms with E-state index in [1.807, 2.05) is 37.1 Å². The molecule has 14 heavy (non-hydrogen) atoms. The molecule has 0 aromatic carbocycles. The van der Waals surface area contributed by atoms with Crippen LogP contribution >= 0.6 is 0 Å². The monoisotopic (exact) mass is 190 g/mol. The first-order valence-electron chi connectivity index (χ1n) is 4.62. The number of aromatic amines is 1. The van der Waals surface area contributed by atoms with E-state index in [9.17, 15) is 0 Å². The second kappa shape index (κ2) is 3.57. The molecule has 0 aliphatic carbocycles. The summed E-state index contributed by atoms with van der Waals surface area (Å²) in [5.74, 6) is 0. The van der Waals surface area contributed by atoms with Crippen molar-refractivity contribution in [3.05, 3.63) is 35.9 Å². The van der Waals surface area contributed by atoms with Gasteiger partial charge in [-0.05, 0) is 19.1 Å². The van der Waals surface area contributed by atoms with Crippen LogP contribution in [0.25, 0.3) is 0 Å². The average Bonchev–Trinajstić information content (AvgIpc) is 2.72. The van der Waals surface area contributed by atoms with Gasteiger partial charge in [-0.3, -0.25) is 4.68 Å². The Bertz CT molecular complexity index is 400. The summed E-state index contributed by atoms with van der Waals surface area (Å²) in [7, 11) is 1.92. The lowest BCUT2D eigenvalue weighted by molar-refractivity contribution is 0.756. The first-order valence-corrected chi connectivity index (χ1v) is 4.62. The number of hydrogen-bond acceptors (Lipinski definition) is 2. The van der Waals surface area contributed by atoms with Gasteiger partial charge in [-0.25, -0.2) is 0 Å². The molecular weight excluding hydrogens is 176 g/mol. The van der Waals surface area contributed by atoms with E-state index in [0.717, 1.165) is 17.9 Å². The number of H-pyrrole nitrogens is 1. The average molecular weight is 190 g/mol. The zero-order chi connectivity index (χ0) is 9.97. The van der Waals surface area contributed by atoms with E-state index in [4.69, 9.17) is 0 Å². The second-order valence-corrected chi connectivity index (χ2v) is 3.35. The van der Waals surface area contributed by atoms with Crippen molar-refractivity contribution in [1.82, 2.24) is 14.8 Å². The third-order valence-corrected chi connectivity index (χ3v) is 2.15. The van der Waals surface area contributed by atoms with Crippen molar-refractivity contribution >= 4 is 5.69 Å². The fourth-order valence-electron chi connectivity index (χ4n) is 1.44. The van der Waals surface area contributed by atoms with E-state index in [1.165, 1.54) is 5.69 Å². The van der Waals surface area contributed by atoms with Crippen LogP contribution in [0, 0.1) is 6.92 Å². The summed E-state index contributed by atoms with van der Waals surface area (Å²) in [5, 5.41) is 7.58. The normalized spacial score (nSPS) is 10.4. The number of aryl methyl sites for hydroxylation is 2. The van der Waals surface area contributed by atoms with Crippen LogP contribution in [0.3, 0.4) is 0 Å². The van der Waals surface area contributed by atoms with Crippen LogP contribution in [-0.2, 0) is 13.6 Å². The summed E-state index contributed by atoms with van der Waals surface area (Å²) in [6.45, 7) is 2.80. The van der Waals surface area contributed by atoms with Crippen LogP contribution in [0.5, 0.6) is 0 Å². The largest absolute Gasteiger partial charge is 0.377 e. The van der Waals surface area contributed by atoms with Gasteiger partial charge >= 0.3 is 0 Å². The Morgan fingerprint density at radius 3 is 3.00 bits per heavy atom. The first-order chi connectivity index (χ1) is 6.75. The third-order valence-electron chi connectivity index (χ3n) is 2.15. The number of rotatable bonds is 3. The highest BCUT2D eigenvalue weighted by Crippen LogP contribution is 2.12. The molecule has 0 amide bonds. The maximum Gasteiger partial charge on any atom is 0.0825 e. The van der Waals surface area contributed by atoms with Gasteiger partial charge in [0.15, 0.2) is 0 Å². The molecule has 0 radical (unpaired) electrons. The SMILES string of the molecule is Cc1nn(C)cc1NCc1ccc[nH]1. The molecule has 0 unspecified atom stereocenters. The highest BCUT2D eigenvalue weighted by molar-refractivity contribution is 5.45. The number of nitrogens with one attached hydrogen (secondary N) is 2. The van der Waals surface area contributed by atoms with Gasteiger partial charge in [-0.2, -0.15) is 5.10 Å². The van der Waals surface area contributed by atoms with Crippen molar-refractivity contribution in [2.24, 2.45) is 7.05 Å². The van der Waals surface area contributed by atoms with Crippen LogP contribution in [0.4, 0.5) is 5.69 Å². The highest BCUT2D eigenvalue weighted by Gasteiger charge is 2.01. The van der Waals surface area contributed by atoms with E-state index in [2.05, 4.69) is 21.5 Å². The van der Waals surface area contributed by atoms with Crippen molar-refractivity contribution in [2.75, 3.05) is 5.32 Å². The van der Waals surface area contributed by atoms with Gasteiger partial charge in [0.05, 0.1) is 17.9 Å². The van der Waals surface area contributed by atoms with Crippen LogP contribution in [-0.4, -0.2) is 14.8 Å².